The molecule has 0 aliphatic rings. The van der Waals surface area contributed by atoms with Crippen LogP contribution in [0.2, 0.25) is 0 Å². The summed E-state index contributed by atoms with van der Waals surface area (Å²) in [7, 11) is 0. The zero-order valence-electron chi connectivity index (χ0n) is 14.3. The molecule has 4 rings (SSSR count). The van der Waals surface area contributed by atoms with Gasteiger partial charge >= 0.3 is 0 Å². The van der Waals surface area contributed by atoms with E-state index in [2.05, 4.69) is 31.4 Å². The second kappa shape index (κ2) is 7.24. The summed E-state index contributed by atoms with van der Waals surface area (Å²) in [6.07, 6.45) is 1.46. The fraction of sp³-hybridized carbons (Fsp3) is 0. The lowest BCUT2D eigenvalue weighted by Gasteiger charge is -2.04. The number of para-hydroxylation sites is 1. The Labute approximate surface area is 167 Å². The van der Waals surface area contributed by atoms with Crippen LogP contribution in [-0.2, 0) is 0 Å². The molecule has 0 bridgehead atoms. The minimum atomic E-state index is -0.717. The van der Waals surface area contributed by atoms with Crippen LogP contribution in [0.15, 0.2) is 74.8 Å². The summed E-state index contributed by atoms with van der Waals surface area (Å²) in [6.45, 7) is 0. The van der Waals surface area contributed by atoms with Crippen molar-refractivity contribution in [3.05, 3.63) is 81.9 Å². The first kappa shape index (κ1) is 17.9. The third-order valence-electron chi connectivity index (χ3n) is 4.09. The fourth-order valence-corrected chi connectivity index (χ4v) is 3.10. The van der Waals surface area contributed by atoms with Crippen molar-refractivity contribution in [1.82, 2.24) is 10.4 Å². The first-order valence-corrected chi connectivity index (χ1v) is 9.02. The molecule has 0 atom stereocenters. The average Bonchev–Trinajstić information content (AvgIpc) is 2.70. The predicted octanol–water partition coefficient (Wildman–Crippen LogP) is 3.09. The van der Waals surface area contributed by atoms with Gasteiger partial charge < -0.3 is 10.2 Å². The molecule has 0 fully saturated rings. The molecular formula is C20H13BrN4O3. The van der Waals surface area contributed by atoms with Crippen LogP contribution in [0.3, 0.4) is 0 Å². The number of primary amides is 1. The van der Waals surface area contributed by atoms with Gasteiger partial charge in [-0.15, -0.1) is 5.10 Å². The van der Waals surface area contributed by atoms with Gasteiger partial charge in [-0.1, -0.05) is 34.1 Å². The summed E-state index contributed by atoms with van der Waals surface area (Å²) in [5, 5.41) is 5.45. The summed E-state index contributed by atoms with van der Waals surface area (Å²) in [4.78, 5) is 28.5. The molecule has 2 heterocycles. The Morgan fingerprint density at radius 3 is 2.71 bits per heavy atom. The average molecular weight is 437 g/mol. The van der Waals surface area contributed by atoms with Crippen molar-refractivity contribution in [2.24, 2.45) is 10.8 Å². The van der Waals surface area contributed by atoms with Crippen molar-refractivity contribution in [3.63, 3.8) is 0 Å². The van der Waals surface area contributed by atoms with Crippen molar-refractivity contribution in [1.29, 1.82) is 0 Å². The number of rotatable bonds is 3. The number of carbonyl (C=O) groups is 2. The summed E-state index contributed by atoms with van der Waals surface area (Å²) >= 11 is 3.36. The van der Waals surface area contributed by atoms with Crippen LogP contribution < -0.4 is 16.7 Å². The van der Waals surface area contributed by atoms with E-state index >= 15 is 0 Å². The largest absolute Gasteiger partial charge is 0.436 e. The SMILES string of the molecule is NC(=O)c1cc2cc(Br)ccc2oc1=NNC(=O)c1cnc2ccccc2c1. The number of nitrogens with one attached hydrogen (secondary N) is 1. The molecule has 0 unspecified atom stereocenters. The highest BCUT2D eigenvalue weighted by molar-refractivity contribution is 9.10. The van der Waals surface area contributed by atoms with E-state index in [0.717, 1.165) is 15.4 Å². The minimum absolute atomic E-state index is 0.0579. The molecule has 0 saturated carbocycles. The van der Waals surface area contributed by atoms with Crippen LogP contribution in [0.4, 0.5) is 0 Å². The van der Waals surface area contributed by atoms with Crippen molar-refractivity contribution in [2.45, 2.75) is 0 Å². The maximum absolute atomic E-state index is 12.4. The second-order valence-electron chi connectivity index (χ2n) is 5.98. The Hall–Kier alpha value is -3.52. The number of nitrogens with zero attached hydrogens (tertiary/aromatic N) is 2. The van der Waals surface area contributed by atoms with Gasteiger partial charge in [-0.3, -0.25) is 14.6 Å². The normalized spacial score (nSPS) is 11.7. The van der Waals surface area contributed by atoms with E-state index in [1.165, 1.54) is 6.20 Å². The van der Waals surface area contributed by atoms with Crippen LogP contribution in [0.1, 0.15) is 20.7 Å². The highest BCUT2D eigenvalue weighted by Crippen LogP contribution is 2.19. The Bertz CT molecular complexity index is 1310. The van der Waals surface area contributed by atoms with Crippen LogP contribution in [-0.4, -0.2) is 16.8 Å². The molecule has 0 spiro atoms. The van der Waals surface area contributed by atoms with Crippen LogP contribution in [0, 0.1) is 0 Å². The molecule has 0 aliphatic carbocycles. The number of hydrogen-bond donors (Lipinski definition) is 2. The summed E-state index contributed by atoms with van der Waals surface area (Å²) in [5.41, 5.74) is 9.40. The van der Waals surface area contributed by atoms with E-state index in [1.54, 1.807) is 30.3 Å². The molecule has 0 aliphatic heterocycles. The van der Waals surface area contributed by atoms with Gasteiger partial charge in [0.2, 0.25) is 5.55 Å². The molecule has 2 aromatic carbocycles. The van der Waals surface area contributed by atoms with Crippen LogP contribution >= 0.6 is 15.9 Å². The Kier molecular flexibility index (Phi) is 4.62. The van der Waals surface area contributed by atoms with E-state index < -0.39 is 11.8 Å². The molecule has 7 nitrogen and oxygen atoms in total. The lowest BCUT2D eigenvalue weighted by Crippen LogP contribution is -2.27. The number of pyridine rings is 1. The van der Waals surface area contributed by atoms with Crippen molar-refractivity contribution in [2.75, 3.05) is 0 Å². The van der Waals surface area contributed by atoms with Gasteiger partial charge in [0.15, 0.2) is 0 Å². The number of fused-ring (bicyclic) bond motifs is 2. The summed E-state index contributed by atoms with van der Waals surface area (Å²) in [5.74, 6) is -1.20. The van der Waals surface area contributed by atoms with Gasteiger partial charge in [0, 0.05) is 21.4 Å². The molecule has 4 aromatic rings. The maximum Gasteiger partial charge on any atom is 0.273 e. The van der Waals surface area contributed by atoms with Crippen LogP contribution in [0.5, 0.6) is 0 Å². The maximum atomic E-state index is 12.4. The molecular weight excluding hydrogens is 424 g/mol. The first-order valence-electron chi connectivity index (χ1n) is 8.23. The van der Waals surface area contributed by atoms with Gasteiger partial charge in [0.1, 0.15) is 11.1 Å². The standard InChI is InChI=1S/C20H13BrN4O3/c21-14-5-6-17-12(8-14)9-15(18(22)26)20(28-17)25-24-19(27)13-7-11-3-1-2-4-16(11)23-10-13/h1-10H,(H2,22,26)(H,24,27). The predicted molar refractivity (Wildman–Crippen MR) is 107 cm³/mol. The second-order valence-corrected chi connectivity index (χ2v) is 6.90. The molecule has 0 saturated heterocycles. The van der Waals surface area contributed by atoms with Gasteiger partial charge in [0.25, 0.3) is 11.8 Å². The number of nitrogens with two attached hydrogens (primary N) is 1. The lowest BCUT2D eigenvalue weighted by atomic mass is 10.1. The van der Waals surface area contributed by atoms with Gasteiger partial charge in [0.05, 0.1) is 11.1 Å². The van der Waals surface area contributed by atoms with Crippen molar-refractivity contribution in [3.8, 4) is 0 Å². The first-order chi connectivity index (χ1) is 13.5. The number of aromatic nitrogens is 1. The van der Waals surface area contributed by atoms with Crippen molar-refractivity contribution < 1.29 is 14.0 Å². The molecule has 2 amide bonds. The third kappa shape index (κ3) is 3.49. The monoisotopic (exact) mass is 436 g/mol. The van der Waals surface area contributed by atoms with E-state index in [0.29, 0.717) is 16.5 Å². The lowest BCUT2D eigenvalue weighted by molar-refractivity contribution is 0.0946. The number of benzene rings is 2. The number of carbonyl (C=O) groups excluding carboxylic acids is 2. The van der Waals surface area contributed by atoms with E-state index in [9.17, 15) is 9.59 Å². The highest BCUT2D eigenvalue weighted by Gasteiger charge is 2.11. The molecule has 3 N–H and O–H groups in total. The van der Waals surface area contributed by atoms with Crippen LogP contribution in [0.25, 0.3) is 21.9 Å². The topological polar surface area (TPSA) is 111 Å². The quantitative estimate of drug-likeness (QED) is 0.480. The molecule has 28 heavy (non-hydrogen) atoms. The van der Waals surface area contributed by atoms with E-state index in [1.807, 2.05) is 24.3 Å². The third-order valence-corrected chi connectivity index (χ3v) is 4.58. The Morgan fingerprint density at radius 1 is 1.07 bits per heavy atom. The molecule has 138 valence electrons. The fourth-order valence-electron chi connectivity index (χ4n) is 2.72. The highest BCUT2D eigenvalue weighted by atomic mass is 79.9. The molecule has 8 heteroatoms. The van der Waals surface area contributed by atoms with E-state index in [4.69, 9.17) is 10.2 Å². The van der Waals surface area contributed by atoms with Gasteiger partial charge in [-0.05, 0) is 36.4 Å². The summed E-state index contributed by atoms with van der Waals surface area (Å²) in [6, 6.07) is 16.0. The zero-order chi connectivity index (χ0) is 19.7. The minimum Gasteiger partial charge on any atom is -0.436 e. The number of amides is 2. The van der Waals surface area contributed by atoms with E-state index in [-0.39, 0.29) is 11.1 Å². The zero-order valence-corrected chi connectivity index (χ0v) is 15.9. The van der Waals surface area contributed by atoms with Crippen molar-refractivity contribution >= 4 is 49.6 Å². The molecule has 2 aromatic heterocycles. The van der Waals surface area contributed by atoms with Gasteiger partial charge in [-0.2, -0.15) is 0 Å². The Morgan fingerprint density at radius 2 is 1.89 bits per heavy atom. The van der Waals surface area contributed by atoms with Gasteiger partial charge in [-0.25, -0.2) is 5.43 Å². The number of halogens is 1. The summed E-state index contributed by atoms with van der Waals surface area (Å²) < 4.78 is 6.47. The Balaban J connectivity index is 1.72. The molecule has 0 radical (unpaired) electrons. The smallest absolute Gasteiger partial charge is 0.273 e. The number of hydrogen-bond acceptors (Lipinski definition) is 5.